The Hall–Kier alpha value is -1.88. The zero-order valence-electron chi connectivity index (χ0n) is 16.9. The average molecular weight is 373 g/mol. The lowest BCUT2D eigenvalue weighted by Gasteiger charge is -2.38. The molecule has 2 aliphatic rings. The molecule has 0 radical (unpaired) electrons. The van der Waals surface area contributed by atoms with Crippen LogP contribution in [-0.2, 0) is 4.79 Å². The van der Waals surface area contributed by atoms with Gasteiger partial charge in [-0.05, 0) is 45.1 Å². The maximum absolute atomic E-state index is 13.6. The number of carbonyl (C=O) groups excluding carboxylic acids is 2. The van der Waals surface area contributed by atoms with Gasteiger partial charge in [-0.1, -0.05) is 49.6 Å². The lowest BCUT2D eigenvalue weighted by molar-refractivity contribution is -0.146. The minimum atomic E-state index is -1.09. The van der Waals surface area contributed by atoms with Crippen LogP contribution in [0.25, 0.3) is 0 Å². The van der Waals surface area contributed by atoms with Gasteiger partial charge in [0, 0.05) is 7.05 Å². The van der Waals surface area contributed by atoms with Crippen molar-refractivity contribution >= 4 is 11.9 Å². The van der Waals surface area contributed by atoms with Crippen LogP contribution in [0.2, 0.25) is 0 Å². The van der Waals surface area contributed by atoms with Gasteiger partial charge in [0.1, 0.15) is 0 Å². The topological polar surface area (TPSA) is 60.9 Å². The van der Waals surface area contributed by atoms with E-state index in [0.29, 0.717) is 11.5 Å². The summed E-state index contributed by atoms with van der Waals surface area (Å²) in [5.74, 6) is 0.0619. The molecule has 1 heterocycles. The Balaban J connectivity index is 1.90. The zero-order valence-corrected chi connectivity index (χ0v) is 16.9. The summed E-state index contributed by atoms with van der Waals surface area (Å²) in [7, 11) is 1.77. The molecule has 0 aromatic heterocycles. The van der Waals surface area contributed by atoms with E-state index >= 15 is 0 Å². The highest BCUT2D eigenvalue weighted by atomic mass is 16.3. The number of benzene rings is 1. The van der Waals surface area contributed by atoms with E-state index in [1.165, 1.54) is 11.3 Å². The third-order valence-electron chi connectivity index (χ3n) is 6.61. The van der Waals surface area contributed by atoms with Crippen molar-refractivity contribution < 1.29 is 14.7 Å². The summed E-state index contributed by atoms with van der Waals surface area (Å²) in [6.07, 6.45) is 4.69. The Morgan fingerprint density at radius 1 is 1.15 bits per heavy atom. The molecule has 0 spiro atoms. The second kappa shape index (κ2) is 7.63. The summed E-state index contributed by atoms with van der Waals surface area (Å²) in [6, 6.07) is 8.85. The second-order valence-electron chi connectivity index (χ2n) is 8.73. The van der Waals surface area contributed by atoms with E-state index in [-0.39, 0.29) is 24.0 Å². The first kappa shape index (κ1) is 19.9. The molecule has 0 bridgehead atoms. The number of rotatable bonds is 4. The number of nitrogens with zero attached hydrogens (tertiary/aromatic N) is 2. The van der Waals surface area contributed by atoms with Crippen molar-refractivity contribution in [1.82, 2.24) is 9.80 Å². The van der Waals surface area contributed by atoms with Gasteiger partial charge in [-0.3, -0.25) is 9.69 Å². The first-order valence-electron chi connectivity index (χ1n) is 10.1. The van der Waals surface area contributed by atoms with Crippen molar-refractivity contribution in [2.45, 2.75) is 71.1 Å². The standard InChI is InChI=1S/C22H32N2O3/c1-15-18(16-11-7-5-8-12-16)24(21(27)23(15)4)20(26)22(2,3)19(25)17-13-9-6-10-14-17/h6,9-10,13-16,18-19,25H,5,7-8,11-12H2,1-4H3/t15-,18-,19-/m0/s1. The first-order chi connectivity index (χ1) is 12.8. The Morgan fingerprint density at radius 3 is 2.33 bits per heavy atom. The number of hydrogen-bond acceptors (Lipinski definition) is 3. The molecule has 1 aliphatic heterocycles. The molecule has 1 aromatic carbocycles. The van der Waals surface area contributed by atoms with Gasteiger partial charge in [0.2, 0.25) is 5.91 Å². The number of hydrogen-bond donors (Lipinski definition) is 1. The smallest absolute Gasteiger partial charge is 0.327 e. The predicted molar refractivity (Wildman–Crippen MR) is 105 cm³/mol. The Bertz CT molecular complexity index is 682. The molecule has 3 amide bonds. The molecule has 1 aromatic rings. The number of urea groups is 1. The van der Waals surface area contributed by atoms with Gasteiger partial charge >= 0.3 is 6.03 Å². The van der Waals surface area contributed by atoms with Crippen molar-refractivity contribution in [3.05, 3.63) is 35.9 Å². The lowest BCUT2D eigenvalue weighted by atomic mass is 9.78. The third-order valence-corrected chi connectivity index (χ3v) is 6.61. The van der Waals surface area contributed by atoms with E-state index in [2.05, 4.69) is 0 Å². The molecular formula is C22H32N2O3. The summed E-state index contributed by atoms with van der Waals surface area (Å²) in [5, 5.41) is 10.9. The quantitative estimate of drug-likeness (QED) is 0.870. The largest absolute Gasteiger partial charge is 0.387 e. The van der Waals surface area contributed by atoms with E-state index in [1.54, 1.807) is 25.8 Å². The van der Waals surface area contributed by atoms with Crippen molar-refractivity contribution in [1.29, 1.82) is 0 Å². The summed E-state index contributed by atoms with van der Waals surface area (Å²) >= 11 is 0. The maximum Gasteiger partial charge on any atom is 0.327 e. The Kier molecular flexibility index (Phi) is 5.61. The van der Waals surface area contributed by atoms with Gasteiger partial charge in [0.05, 0.1) is 23.6 Å². The molecule has 148 valence electrons. The van der Waals surface area contributed by atoms with Gasteiger partial charge in [-0.2, -0.15) is 0 Å². The molecule has 1 saturated carbocycles. The normalized spacial score (nSPS) is 25.7. The summed E-state index contributed by atoms with van der Waals surface area (Å²) in [4.78, 5) is 29.7. The van der Waals surface area contributed by atoms with Crippen LogP contribution < -0.4 is 0 Å². The Morgan fingerprint density at radius 2 is 1.74 bits per heavy atom. The number of amides is 3. The fraction of sp³-hybridized carbons (Fsp3) is 0.636. The first-order valence-corrected chi connectivity index (χ1v) is 10.1. The van der Waals surface area contributed by atoms with Gasteiger partial charge in [-0.15, -0.1) is 0 Å². The molecule has 3 atom stereocenters. The number of imide groups is 1. The predicted octanol–water partition coefficient (Wildman–Crippen LogP) is 3.98. The SMILES string of the molecule is C[C@H]1[C@@H](C2CCCCC2)N(C(=O)C(C)(C)[C@@H](O)c2ccccc2)C(=O)N1C. The fourth-order valence-corrected chi connectivity index (χ4v) is 4.70. The maximum atomic E-state index is 13.6. The third kappa shape index (κ3) is 3.49. The monoisotopic (exact) mass is 372 g/mol. The van der Waals surface area contributed by atoms with Crippen molar-refractivity contribution in [3.8, 4) is 0 Å². The molecular weight excluding hydrogens is 340 g/mol. The Labute approximate surface area is 162 Å². The van der Waals surface area contributed by atoms with Gasteiger partial charge in [-0.25, -0.2) is 4.79 Å². The molecule has 27 heavy (non-hydrogen) atoms. The fourth-order valence-electron chi connectivity index (χ4n) is 4.70. The van der Waals surface area contributed by atoms with E-state index in [1.807, 2.05) is 37.3 Å². The highest BCUT2D eigenvalue weighted by Gasteiger charge is 2.52. The molecule has 1 aliphatic carbocycles. The van der Waals surface area contributed by atoms with E-state index < -0.39 is 11.5 Å². The number of carbonyl (C=O) groups is 2. The second-order valence-corrected chi connectivity index (χ2v) is 8.73. The molecule has 1 saturated heterocycles. The molecule has 3 rings (SSSR count). The summed E-state index contributed by atoms with van der Waals surface area (Å²) < 4.78 is 0. The van der Waals surface area contributed by atoms with E-state index in [9.17, 15) is 14.7 Å². The lowest BCUT2D eigenvalue weighted by Crippen LogP contribution is -2.51. The highest BCUT2D eigenvalue weighted by Crippen LogP contribution is 2.41. The summed E-state index contributed by atoms with van der Waals surface area (Å²) in [5.41, 5.74) is -0.396. The average Bonchev–Trinajstić information content (AvgIpc) is 2.92. The van der Waals surface area contributed by atoms with Gasteiger partial charge < -0.3 is 10.0 Å². The van der Waals surface area contributed by atoms with Gasteiger partial charge in [0.25, 0.3) is 0 Å². The van der Waals surface area contributed by atoms with Crippen molar-refractivity contribution in [2.24, 2.45) is 11.3 Å². The van der Waals surface area contributed by atoms with Crippen LogP contribution in [0.5, 0.6) is 0 Å². The van der Waals surface area contributed by atoms with Crippen molar-refractivity contribution in [2.75, 3.05) is 7.05 Å². The number of likely N-dealkylation sites (N-methyl/N-ethyl adjacent to an activating group) is 1. The zero-order chi connectivity index (χ0) is 19.8. The molecule has 1 N–H and O–H groups in total. The number of aliphatic hydroxyl groups is 1. The number of aliphatic hydroxyl groups excluding tert-OH is 1. The molecule has 2 fully saturated rings. The van der Waals surface area contributed by atoms with Crippen LogP contribution in [0.15, 0.2) is 30.3 Å². The van der Waals surface area contributed by atoms with Crippen LogP contribution in [0.1, 0.15) is 64.5 Å². The van der Waals surface area contributed by atoms with E-state index in [0.717, 1.165) is 25.7 Å². The summed E-state index contributed by atoms with van der Waals surface area (Å²) in [6.45, 7) is 5.51. The van der Waals surface area contributed by atoms with Gasteiger partial charge in [0.15, 0.2) is 0 Å². The highest BCUT2D eigenvalue weighted by molar-refractivity contribution is 5.99. The van der Waals surface area contributed by atoms with Crippen LogP contribution >= 0.6 is 0 Å². The van der Waals surface area contributed by atoms with Crippen molar-refractivity contribution in [3.63, 3.8) is 0 Å². The minimum Gasteiger partial charge on any atom is -0.387 e. The molecule has 0 unspecified atom stereocenters. The molecule has 5 heteroatoms. The van der Waals surface area contributed by atoms with E-state index in [4.69, 9.17) is 0 Å². The minimum absolute atomic E-state index is 0.00535. The molecule has 5 nitrogen and oxygen atoms in total. The van der Waals surface area contributed by atoms with Crippen LogP contribution in [0.3, 0.4) is 0 Å². The van der Waals surface area contributed by atoms with Crippen LogP contribution in [0.4, 0.5) is 4.79 Å². The van der Waals surface area contributed by atoms with Crippen LogP contribution in [0, 0.1) is 11.3 Å². The van der Waals surface area contributed by atoms with Crippen LogP contribution in [-0.4, -0.2) is 46.0 Å².